The summed E-state index contributed by atoms with van der Waals surface area (Å²) in [5.74, 6) is -3.09. The normalized spacial score (nSPS) is 18.6. The van der Waals surface area contributed by atoms with Crippen LogP contribution in [0.4, 0.5) is 32.0 Å². The van der Waals surface area contributed by atoms with Crippen molar-refractivity contribution >= 4 is 17.5 Å². The van der Waals surface area contributed by atoms with Crippen LogP contribution in [-0.2, 0) is 15.8 Å². The van der Waals surface area contributed by atoms with Gasteiger partial charge in [0.2, 0.25) is 5.91 Å². The predicted octanol–water partition coefficient (Wildman–Crippen LogP) is 3.20. The number of nitrogens with zero attached hydrogens (tertiary/aromatic N) is 1. The van der Waals surface area contributed by atoms with Crippen molar-refractivity contribution in [2.45, 2.75) is 31.2 Å². The number of rotatable bonds is 2. The molecule has 1 N–H and O–H groups in total. The molecule has 132 valence electrons. The van der Waals surface area contributed by atoms with Crippen LogP contribution >= 0.6 is 0 Å². The van der Waals surface area contributed by atoms with Crippen molar-refractivity contribution < 1.29 is 35.9 Å². The second-order valence-corrected chi connectivity index (χ2v) is 5.22. The number of anilines is 1. The van der Waals surface area contributed by atoms with Gasteiger partial charge in [-0.3, -0.25) is 9.59 Å². The van der Waals surface area contributed by atoms with E-state index >= 15 is 0 Å². The van der Waals surface area contributed by atoms with Gasteiger partial charge in [0.15, 0.2) is 0 Å². The van der Waals surface area contributed by atoms with E-state index in [1.54, 1.807) is 0 Å². The minimum absolute atomic E-state index is 0.00656. The topological polar surface area (TPSA) is 49.4 Å². The zero-order valence-corrected chi connectivity index (χ0v) is 12.0. The number of likely N-dealkylation sites (tertiary alicyclic amines) is 1. The first kappa shape index (κ1) is 18.1. The van der Waals surface area contributed by atoms with E-state index in [4.69, 9.17) is 0 Å². The van der Waals surface area contributed by atoms with E-state index in [1.165, 1.54) is 6.07 Å². The number of carbonyl (C=O) groups is 2. The fourth-order valence-corrected chi connectivity index (χ4v) is 2.44. The molecule has 0 spiro atoms. The standard InChI is InChI=1S/C14H12F6N2O2/c15-13(16,17)8-3-1-4-9(7-8)21-11(23)10-5-2-6-22(10)12(24)14(18,19)20/h1,3-4,7,10H,2,5-6H2,(H,21,23). The van der Waals surface area contributed by atoms with Gasteiger partial charge in [0.1, 0.15) is 6.04 Å². The minimum Gasteiger partial charge on any atom is -0.324 e. The van der Waals surface area contributed by atoms with Gasteiger partial charge >= 0.3 is 18.3 Å². The molecule has 4 nitrogen and oxygen atoms in total. The Balaban J connectivity index is 2.13. The molecule has 0 saturated carbocycles. The first-order valence-electron chi connectivity index (χ1n) is 6.86. The van der Waals surface area contributed by atoms with Gasteiger partial charge in [-0.1, -0.05) is 6.07 Å². The van der Waals surface area contributed by atoms with E-state index in [2.05, 4.69) is 5.32 Å². The average Bonchev–Trinajstić information content (AvgIpc) is 2.94. The van der Waals surface area contributed by atoms with Crippen molar-refractivity contribution in [3.8, 4) is 0 Å². The molecule has 1 unspecified atom stereocenters. The lowest BCUT2D eigenvalue weighted by atomic mass is 10.1. The highest BCUT2D eigenvalue weighted by molar-refractivity contribution is 5.98. The van der Waals surface area contributed by atoms with E-state index in [1.807, 2.05) is 0 Å². The Labute approximate surface area is 132 Å². The Morgan fingerprint density at radius 3 is 2.38 bits per heavy atom. The molecular formula is C14H12F6N2O2. The molecule has 24 heavy (non-hydrogen) atoms. The number of carbonyl (C=O) groups excluding carboxylic acids is 2. The molecule has 1 aliphatic heterocycles. The number of hydrogen-bond donors (Lipinski definition) is 1. The van der Waals surface area contributed by atoms with Crippen LogP contribution < -0.4 is 5.32 Å². The number of nitrogens with one attached hydrogen (secondary N) is 1. The largest absolute Gasteiger partial charge is 0.471 e. The van der Waals surface area contributed by atoms with Crippen LogP contribution in [0.25, 0.3) is 0 Å². The number of benzene rings is 1. The first-order valence-corrected chi connectivity index (χ1v) is 6.86. The van der Waals surface area contributed by atoms with Gasteiger partial charge in [0, 0.05) is 12.2 Å². The molecule has 1 aromatic rings. The van der Waals surface area contributed by atoms with Crippen molar-refractivity contribution in [1.29, 1.82) is 0 Å². The Morgan fingerprint density at radius 2 is 1.79 bits per heavy atom. The molecular weight excluding hydrogens is 342 g/mol. The second kappa shape index (κ2) is 6.33. The summed E-state index contributed by atoms with van der Waals surface area (Å²) in [6.45, 7) is -0.237. The van der Waals surface area contributed by atoms with Gasteiger partial charge in [0.25, 0.3) is 0 Å². The quantitative estimate of drug-likeness (QED) is 0.830. The monoisotopic (exact) mass is 354 g/mol. The molecule has 10 heteroatoms. The molecule has 0 aromatic heterocycles. The van der Waals surface area contributed by atoms with Gasteiger partial charge < -0.3 is 10.2 Å². The molecule has 2 amide bonds. The smallest absolute Gasteiger partial charge is 0.324 e. The van der Waals surface area contributed by atoms with Crippen LogP contribution in [0.5, 0.6) is 0 Å². The number of halogens is 6. The molecule has 2 rings (SSSR count). The lowest BCUT2D eigenvalue weighted by Crippen LogP contribution is -2.48. The Hall–Kier alpha value is -2.26. The molecule has 0 bridgehead atoms. The van der Waals surface area contributed by atoms with Crippen LogP contribution in [-0.4, -0.2) is 35.5 Å². The molecule has 1 heterocycles. The zero-order chi connectivity index (χ0) is 18.1. The number of amides is 2. The van der Waals surface area contributed by atoms with Crippen LogP contribution in [0.15, 0.2) is 24.3 Å². The summed E-state index contributed by atoms with van der Waals surface area (Å²) in [5.41, 5.74) is -1.21. The highest BCUT2D eigenvalue weighted by atomic mass is 19.4. The van der Waals surface area contributed by atoms with Crippen molar-refractivity contribution in [2.75, 3.05) is 11.9 Å². The Kier molecular flexibility index (Phi) is 4.77. The van der Waals surface area contributed by atoms with Gasteiger partial charge in [-0.2, -0.15) is 26.3 Å². The van der Waals surface area contributed by atoms with E-state index in [0.717, 1.165) is 12.1 Å². The molecule has 1 saturated heterocycles. The SMILES string of the molecule is O=C(Nc1cccc(C(F)(F)F)c1)C1CCCN1C(=O)C(F)(F)F. The van der Waals surface area contributed by atoms with Gasteiger partial charge in [-0.15, -0.1) is 0 Å². The summed E-state index contributed by atoms with van der Waals surface area (Å²) in [5, 5.41) is 2.13. The third-order valence-corrected chi connectivity index (χ3v) is 3.52. The highest BCUT2D eigenvalue weighted by Gasteiger charge is 2.47. The van der Waals surface area contributed by atoms with E-state index < -0.39 is 35.8 Å². The fourth-order valence-electron chi connectivity index (χ4n) is 2.44. The molecule has 0 radical (unpaired) electrons. The maximum atomic E-state index is 12.6. The summed E-state index contributed by atoms with van der Waals surface area (Å²) < 4.78 is 75.3. The minimum atomic E-state index is -5.11. The second-order valence-electron chi connectivity index (χ2n) is 5.22. The van der Waals surface area contributed by atoms with Crippen molar-refractivity contribution in [3.63, 3.8) is 0 Å². The Morgan fingerprint density at radius 1 is 1.12 bits per heavy atom. The number of alkyl halides is 6. The van der Waals surface area contributed by atoms with Crippen LogP contribution in [0, 0.1) is 0 Å². The average molecular weight is 354 g/mol. The molecule has 0 aliphatic carbocycles. The molecule has 1 fully saturated rings. The summed E-state index contributed by atoms with van der Waals surface area (Å²) >= 11 is 0. The summed E-state index contributed by atoms with van der Waals surface area (Å²) in [7, 11) is 0. The van der Waals surface area contributed by atoms with Crippen molar-refractivity contribution in [3.05, 3.63) is 29.8 Å². The van der Waals surface area contributed by atoms with Crippen molar-refractivity contribution in [1.82, 2.24) is 4.90 Å². The third-order valence-electron chi connectivity index (χ3n) is 3.52. The van der Waals surface area contributed by atoms with Crippen LogP contribution in [0.1, 0.15) is 18.4 Å². The summed E-state index contributed by atoms with van der Waals surface area (Å²) in [6, 6.07) is 2.34. The molecule has 1 aromatic carbocycles. The number of hydrogen-bond acceptors (Lipinski definition) is 2. The Bertz CT molecular complexity index is 641. The maximum absolute atomic E-state index is 12.6. The maximum Gasteiger partial charge on any atom is 0.471 e. The van der Waals surface area contributed by atoms with Crippen LogP contribution in [0.3, 0.4) is 0 Å². The molecule has 1 aliphatic rings. The van der Waals surface area contributed by atoms with Gasteiger partial charge in [0.05, 0.1) is 5.56 Å². The van der Waals surface area contributed by atoms with E-state index in [-0.39, 0.29) is 25.1 Å². The third kappa shape index (κ3) is 3.98. The lowest BCUT2D eigenvalue weighted by Gasteiger charge is -2.24. The van der Waals surface area contributed by atoms with Gasteiger partial charge in [-0.05, 0) is 31.0 Å². The van der Waals surface area contributed by atoms with E-state index in [9.17, 15) is 35.9 Å². The zero-order valence-electron chi connectivity index (χ0n) is 12.0. The molecule has 1 atom stereocenters. The summed E-state index contributed by atoms with van der Waals surface area (Å²) in [4.78, 5) is 23.7. The fraction of sp³-hybridized carbons (Fsp3) is 0.429. The highest BCUT2D eigenvalue weighted by Crippen LogP contribution is 2.31. The first-order chi connectivity index (χ1) is 11.0. The van der Waals surface area contributed by atoms with E-state index in [0.29, 0.717) is 11.0 Å². The summed E-state index contributed by atoms with van der Waals surface area (Å²) in [6.07, 6.45) is -9.53. The van der Waals surface area contributed by atoms with Crippen LogP contribution in [0.2, 0.25) is 0 Å². The van der Waals surface area contributed by atoms with Crippen molar-refractivity contribution in [2.24, 2.45) is 0 Å². The predicted molar refractivity (Wildman–Crippen MR) is 70.9 cm³/mol. The lowest BCUT2D eigenvalue weighted by molar-refractivity contribution is -0.186. The van der Waals surface area contributed by atoms with Gasteiger partial charge in [-0.25, -0.2) is 0 Å².